The first-order valence-electron chi connectivity index (χ1n) is 4.35. The Morgan fingerprint density at radius 3 is 2.46 bits per heavy atom. The average Bonchev–Trinajstić information content (AvgIpc) is 2.16. The SMILES string of the molecule is CCOC(CN)c1ccc(Cl)cc1. The molecule has 0 aliphatic carbocycles. The molecule has 1 atom stereocenters. The summed E-state index contributed by atoms with van der Waals surface area (Å²) in [5, 5.41) is 0.732. The first-order chi connectivity index (χ1) is 6.27. The van der Waals surface area contributed by atoms with E-state index in [1.54, 1.807) is 0 Å². The summed E-state index contributed by atoms with van der Waals surface area (Å²) in [6.07, 6.45) is -0.0118. The van der Waals surface area contributed by atoms with Crippen molar-refractivity contribution in [3.8, 4) is 0 Å². The van der Waals surface area contributed by atoms with Gasteiger partial charge in [-0.1, -0.05) is 23.7 Å². The van der Waals surface area contributed by atoms with Crippen LogP contribution in [-0.4, -0.2) is 13.2 Å². The van der Waals surface area contributed by atoms with Gasteiger partial charge in [-0.2, -0.15) is 0 Å². The van der Waals surface area contributed by atoms with Crippen LogP contribution in [0.4, 0.5) is 0 Å². The maximum Gasteiger partial charge on any atom is 0.0946 e. The molecule has 0 saturated carbocycles. The van der Waals surface area contributed by atoms with E-state index in [1.807, 2.05) is 31.2 Å². The van der Waals surface area contributed by atoms with Crippen molar-refractivity contribution in [1.82, 2.24) is 0 Å². The second-order valence-corrected chi connectivity index (χ2v) is 3.17. The Balaban J connectivity index is 2.73. The summed E-state index contributed by atoms with van der Waals surface area (Å²) in [7, 11) is 0. The second kappa shape index (κ2) is 5.22. The molecule has 0 aliphatic rings. The van der Waals surface area contributed by atoms with Crippen molar-refractivity contribution in [3.05, 3.63) is 34.9 Å². The van der Waals surface area contributed by atoms with Gasteiger partial charge in [0, 0.05) is 18.2 Å². The number of rotatable bonds is 4. The average molecular weight is 200 g/mol. The fraction of sp³-hybridized carbons (Fsp3) is 0.400. The molecule has 0 aromatic heterocycles. The molecule has 0 aliphatic heterocycles. The summed E-state index contributed by atoms with van der Waals surface area (Å²) in [5.41, 5.74) is 6.65. The Morgan fingerprint density at radius 1 is 1.38 bits per heavy atom. The molecule has 2 N–H and O–H groups in total. The van der Waals surface area contributed by atoms with Crippen LogP contribution in [0, 0.1) is 0 Å². The Labute approximate surface area is 83.6 Å². The van der Waals surface area contributed by atoms with Crippen molar-refractivity contribution in [1.29, 1.82) is 0 Å². The molecule has 0 fully saturated rings. The van der Waals surface area contributed by atoms with Crippen molar-refractivity contribution in [2.45, 2.75) is 13.0 Å². The maximum atomic E-state index is 5.76. The normalized spacial score (nSPS) is 12.8. The van der Waals surface area contributed by atoms with Gasteiger partial charge in [0.1, 0.15) is 0 Å². The molecule has 72 valence electrons. The molecule has 1 aromatic carbocycles. The van der Waals surface area contributed by atoms with Gasteiger partial charge in [0.25, 0.3) is 0 Å². The van der Waals surface area contributed by atoms with Crippen LogP contribution < -0.4 is 5.73 Å². The molecule has 3 heteroatoms. The molecule has 0 radical (unpaired) electrons. The van der Waals surface area contributed by atoms with Gasteiger partial charge in [-0.15, -0.1) is 0 Å². The molecule has 0 heterocycles. The molecule has 1 rings (SSSR count). The highest BCUT2D eigenvalue weighted by atomic mass is 35.5. The lowest BCUT2D eigenvalue weighted by molar-refractivity contribution is 0.0688. The summed E-state index contributed by atoms with van der Waals surface area (Å²) < 4.78 is 5.45. The summed E-state index contributed by atoms with van der Waals surface area (Å²) in [4.78, 5) is 0. The lowest BCUT2D eigenvalue weighted by Crippen LogP contribution is -2.15. The van der Waals surface area contributed by atoms with Gasteiger partial charge < -0.3 is 10.5 Å². The topological polar surface area (TPSA) is 35.2 Å². The fourth-order valence-electron chi connectivity index (χ4n) is 1.18. The van der Waals surface area contributed by atoms with Crippen LogP contribution in [0.15, 0.2) is 24.3 Å². The van der Waals surface area contributed by atoms with Gasteiger partial charge in [0.15, 0.2) is 0 Å². The maximum absolute atomic E-state index is 5.76. The first kappa shape index (κ1) is 10.5. The number of hydrogen-bond donors (Lipinski definition) is 1. The minimum atomic E-state index is -0.0118. The highest BCUT2D eigenvalue weighted by Crippen LogP contribution is 2.18. The number of halogens is 1. The molecule has 0 bridgehead atoms. The van der Waals surface area contributed by atoms with Crippen LogP contribution in [0.3, 0.4) is 0 Å². The highest BCUT2D eigenvalue weighted by Gasteiger charge is 2.07. The Kier molecular flexibility index (Phi) is 4.22. The van der Waals surface area contributed by atoms with E-state index in [0.717, 1.165) is 10.6 Å². The monoisotopic (exact) mass is 199 g/mol. The predicted molar refractivity (Wildman–Crippen MR) is 54.9 cm³/mol. The van der Waals surface area contributed by atoms with E-state index in [2.05, 4.69) is 0 Å². The summed E-state index contributed by atoms with van der Waals surface area (Å²) >= 11 is 5.76. The molecule has 0 amide bonds. The molecule has 2 nitrogen and oxygen atoms in total. The van der Waals surface area contributed by atoms with Crippen molar-refractivity contribution >= 4 is 11.6 Å². The molecular formula is C10H14ClNO. The third-order valence-corrected chi connectivity index (χ3v) is 2.08. The van der Waals surface area contributed by atoms with Crippen molar-refractivity contribution in [2.75, 3.05) is 13.2 Å². The summed E-state index contributed by atoms with van der Waals surface area (Å²) in [6, 6.07) is 7.57. The van der Waals surface area contributed by atoms with E-state index in [4.69, 9.17) is 22.1 Å². The van der Waals surface area contributed by atoms with Crippen LogP contribution in [0.1, 0.15) is 18.6 Å². The zero-order valence-electron chi connectivity index (χ0n) is 7.66. The van der Waals surface area contributed by atoms with E-state index in [1.165, 1.54) is 0 Å². The second-order valence-electron chi connectivity index (χ2n) is 2.73. The Hall–Kier alpha value is -0.570. The highest BCUT2D eigenvalue weighted by molar-refractivity contribution is 6.30. The van der Waals surface area contributed by atoms with Gasteiger partial charge in [-0.05, 0) is 24.6 Å². The van der Waals surface area contributed by atoms with Crippen LogP contribution in [0.2, 0.25) is 5.02 Å². The van der Waals surface area contributed by atoms with Crippen LogP contribution >= 0.6 is 11.6 Å². The largest absolute Gasteiger partial charge is 0.372 e. The van der Waals surface area contributed by atoms with Gasteiger partial charge in [-0.25, -0.2) is 0 Å². The van der Waals surface area contributed by atoms with Gasteiger partial charge in [0.05, 0.1) is 6.10 Å². The molecule has 13 heavy (non-hydrogen) atoms. The Bertz CT molecular complexity index is 248. The fourth-order valence-corrected chi connectivity index (χ4v) is 1.30. The standard InChI is InChI=1S/C10H14ClNO/c1-2-13-10(7-12)8-3-5-9(11)6-4-8/h3-6,10H,2,7,12H2,1H3. The smallest absolute Gasteiger partial charge is 0.0946 e. The van der Waals surface area contributed by atoms with E-state index in [-0.39, 0.29) is 6.10 Å². The van der Waals surface area contributed by atoms with Crippen molar-refractivity contribution in [3.63, 3.8) is 0 Å². The summed E-state index contributed by atoms with van der Waals surface area (Å²) in [6.45, 7) is 3.12. The van der Waals surface area contributed by atoms with Gasteiger partial charge in [0.2, 0.25) is 0 Å². The number of nitrogens with two attached hydrogens (primary N) is 1. The third kappa shape index (κ3) is 2.99. The van der Waals surface area contributed by atoms with E-state index < -0.39 is 0 Å². The summed E-state index contributed by atoms with van der Waals surface area (Å²) in [5.74, 6) is 0. The Morgan fingerprint density at radius 2 is 2.00 bits per heavy atom. The minimum Gasteiger partial charge on any atom is -0.372 e. The van der Waals surface area contributed by atoms with Crippen LogP contribution in [-0.2, 0) is 4.74 Å². The molecule has 1 unspecified atom stereocenters. The lowest BCUT2D eigenvalue weighted by Gasteiger charge is -2.14. The molecular weight excluding hydrogens is 186 g/mol. The van der Waals surface area contributed by atoms with Gasteiger partial charge in [-0.3, -0.25) is 0 Å². The predicted octanol–water partition coefficient (Wildman–Crippen LogP) is 2.38. The van der Waals surface area contributed by atoms with Gasteiger partial charge >= 0.3 is 0 Å². The quantitative estimate of drug-likeness (QED) is 0.808. The number of ether oxygens (including phenoxy) is 1. The molecule has 1 aromatic rings. The third-order valence-electron chi connectivity index (χ3n) is 1.82. The lowest BCUT2D eigenvalue weighted by atomic mass is 10.1. The number of benzene rings is 1. The van der Waals surface area contributed by atoms with E-state index >= 15 is 0 Å². The van der Waals surface area contributed by atoms with Crippen LogP contribution in [0.5, 0.6) is 0 Å². The van der Waals surface area contributed by atoms with Crippen molar-refractivity contribution in [2.24, 2.45) is 5.73 Å². The molecule has 0 saturated heterocycles. The van der Waals surface area contributed by atoms with Crippen LogP contribution in [0.25, 0.3) is 0 Å². The van der Waals surface area contributed by atoms with E-state index in [0.29, 0.717) is 13.2 Å². The zero-order chi connectivity index (χ0) is 9.68. The first-order valence-corrected chi connectivity index (χ1v) is 4.72. The van der Waals surface area contributed by atoms with E-state index in [9.17, 15) is 0 Å². The molecule has 0 spiro atoms. The van der Waals surface area contributed by atoms with Crippen molar-refractivity contribution < 1.29 is 4.74 Å². The zero-order valence-corrected chi connectivity index (χ0v) is 8.42. The minimum absolute atomic E-state index is 0.0118. The number of hydrogen-bond acceptors (Lipinski definition) is 2.